The summed E-state index contributed by atoms with van der Waals surface area (Å²) in [6.07, 6.45) is -1.81. The Morgan fingerprint density at radius 1 is 1.28 bits per heavy atom. The van der Waals surface area contributed by atoms with Gasteiger partial charge in [0.1, 0.15) is 11.9 Å². The molecule has 0 radical (unpaired) electrons. The molecule has 1 aromatic heterocycles. The van der Waals surface area contributed by atoms with E-state index in [0.717, 1.165) is 35.2 Å². The van der Waals surface area contributed by atoms with Crippen molar-refractivity contribution in [3.63, 3.8) is 0 Å². The molecule has 2 aromatic rings. The van der Waals surface area contributed by atoms with Crippen LogP contribution in [0.3, 0.4) is 0 Å². The molecule has 0 saturated carbocycles. The van der Waals surface area contributed by atoms with Crippen LogP contribution in [0.15, 0.2) is 36.5 Å². The van der Waals surface area contributed by atoms with Crippen LogP contribution in [0.4, 0.5) is 19.0 Å². The van der Waals surface area contributed by atoms with Gasteiger partial charge in [0.2, 0.25) is 0 Å². The van der Waals surface area contributed by atoms with Gasteiger partial charge in [-0.2, -0.15) is 13.2 Å². The molecule has 0 saturated heterocycles. The minimum atomic E-state index is -4.49. The lowest BCUT2D eigenvalue weighted by molar-refractivity contribution is -0.141. The number of nitrogens with zero attached hydrogens (tertiary/aromatic N) is 1. The summed E-state index contributed by atoms with van der Waals surface area (Å²) >= 11 is 0. The SMILES string of the molecule is COC(=O)[C@H](CNCCc1ccc2c(c1)C(C(=O)O)CC2)Nc1ccc(C(F)(F)F)cn1. The highest BCUT2D eigenvalue weighted by Gasteiger charge is 2.31. The Labute approximate surface area is 183 Å². The quantitative estimate of drug-likeness (QED) is 0.398. The topological polar surface area (TPSA) is 101 Å². The minimum absolute atomic E-state index is 0.119. The number of carboxylic acids is 1. The molecule has 2 atom stereocenters. The Morgan fingerprint density at radius 2 is 2.06 bits per heavy atom. The van der Waals surface area contributed by atoms with E-state index in [1.54, 1.807) is 0 Å². The number of nitrogens with one attached hydrogen (secondary N) is 2. The van der Waals surface area contributed by atoms with Crippen molar-refractivity contribution in [2.45, 2.75) is 37.4 Å². The molecule has 10 heteroatoms. The lowest BCUT2D eigenvalue weighted by Gasteiger charge is -2.18. The predicted molar refractivity (Wildman–Crippen MR) is 110 cm³/mol. The lowest BCUT2D eigenvalue weighted by atomic mass is 9.98. The maximum atomic E-state index is 12.7. The van der Waals surface area contributed by atoms with E-state index in [1.807, 2.05) is 18.2 Å². The van der Waals surface area contributed by atoms with E-state index >= 15 is 0 Å². The fourth-order valence-electron chi connectivity index (χ4n) is 3.70. The summed E-state index contributed by atoms with van der Waals surface area (Å²) in [6.45, 7) is 0.671. The van der Waals surface area contributed by atoms with E-state index in [-0.39, 0.29) is 12.4 Å². The third-order valence-corrected chi connectivity index (χ3v) is 5.42. The number of esters is 1. The molecule has 1 heterocycles. The van der Waals surface area contributed by atoms with Gasteiger partial charge in [0.05, 0.1) is 18.6 Å². The average Bonchev–Trinajstić information content (AvgIpc) is 3.18. The molecule has 0 aliphatic heterocycles. The van der Waals surface area contributed by atoms with E-state index < -0.39 is 35.6 Å². The van der Waals surface area contributed by atoms with Gasteiger partial charge in [0.15, 0.2) is 0 Å². The number of aryl methyl sites for hydroxylation is 1. The van der Waals surface area contributed by atoms with Gasteiger partial charge >= 0.3 is 18.1 Å². The van der Waals surface area contributed by atoms with Crippen molar-refractivity contribution < 1.29 is 32.6 Å². The number of carbonyl (C=O) groups is 2. The van der Waals surface area contributed by atoms with Crippen LogP contribution >= 0.6 is 0 Å². The monoisotopic (exact) mass is 451 g/mol. The third kappa shape index (κ3) is 5.76. The number of aliphatic carboxylic acids is 1. The molecule has 1 unspecified atom stereocenters. The number of alkyl halides is 3. The van der Waals surface area contributed by atoms with Gasteiger partial charge in [0.25, 0.3) is 0 Å². The van der Waals surface area contributed by atoms with Crippen LogP contribution in [0.5, 0.6) is 0 Å². The first-order chi connectivity index (χ1) is 15.2. The molecule has 0 spiro atoms. The van der Waals surface area contributed by atoms with Crippen LogP contribution in [0.1, 0.15) is 34.6 Å². The molecular formula is C22H24F3N3O4. The molecule has 1 aliphatic carbocycles. The number of aromatic nitrogens is 1. The largest absolute Gasteiger partial charge is 0.481 e. The molecule has 1 aliphatic rings. The molecule has 7 nitrogen and oxygen atoms in total. The number of anilines is 1. The Balaban J connectivity index is 1.55. The second-order valence-corrected chi connectivity index (χ2v) is 7.57. The average molecular weight is 451 g/mol. The molecule has 1 aromatic carbocycles. The van der Waals surface area contributed by atoms with Crippen molar-refractivity contribution >= 4 is 17.8 Å². The fourth-order valence-corrected chi connectivity index (χ4v) is 3.70. The van der Waals surface area contributed by atoms with Crippen molar-refractivity contribution in [2.24, 2.45) is 0 Å². The first-order valence-electron chi connectivity index (χ1n) is 10.1. The molecule has 0 amide bonds. The molecule has 0 bridgehead atoms. The normalized spacial score (nSPS) is 16.3. The van der Waals surface area contributed by atoms with Gasteiger partial charge in [-0.1, -0.05) is 18.2 Å². The first-order valence-corrected chi connectivity index (χ1v) is 10.1. The maximum Gasteiger partial charge on any atom is 0.417 e. The number of ether oxygens (including phenoxy) is 1. The fraction of sp³-hybridized carbons (Fsp3) is 0.409. The van der Waals surface area contributed by atoms with Crippen molar-refractivity contribution in [1.29, 1.82) is 0 Å². The number of fused-ring (bicyclic) bond motifs is 1. The molecule has 3 N–H and O–H groups in total. The standard InChI is InChI=1S/C22H24F3N3O4/c1-32-21(31)18(28-19-7-5-15(11-27-19)22(23,24)25)12-26-9-8-13-2-3-14-4-6-16(20(29)30)17(14)10-13/h2-3,5,7,10-11,16,18,26H,4,6,8-9,12H2,1H3,(H,27,28)(H,29,30)/t16?,18-/m0/s1. The number of rotatable bonds is 9. The van der Waals surface area contributed by atoms with Crippen molar-refractivity contribution in [3.8, 4) is 0 Å². The number of halogens is 3. The van der Waals surface area contributed by atoms with Gasteiger partial charge in [-0.05, 0) is 54.6 Å². The Bertz CT molecular complexity index is 964. The van der Waals surface area contributed by atoms with Crippen LogP contribution in [0.25, 0.3) is 0 Å². The maximum absolute atomic E-state index is 12.7. The summed E-state index contributed by atoms with van der Waals surface area (Å²) in [5.41, 5.74) is 2.03. The number of carbonyl (C=O) groups excluding carboxylic acids is 1. The van der Waals surface area contributed by atoms with E-state index in [9.17, 15) is 27.9 Å². The predicted octanol–water partition coefficient (Wildman–Crippen LogP) is 3.00. The van der Waals surface area contributed by atoms with Crippen LogP contribution in [0, 0.1) is 0 Å². The molecule has 32 heavy (non-hydrogen) atoms. The van der Waals surface area contributed by atoms with Crippen LogP contribution in [0.2, 0.25) is 0 Å². The Morgan fingerprint density at radius 3 is 2.69 bits per heavy atom. The number of carboxylic acid groups (broad SMARTS) is 1. The summed E-state index contributed by atoms with van der Waals surface area (Å²) < 4.78 is 42.8. The zero-order chi connectivity index (χ0) is 23.3. The van der Waals surface area contributed by atoms with Gasteiger partial charge in [-0.3, -0.25) is 4.79 Å². The summed E-state index contributed by atoms with van der Waals surface area (Å²) in [5.74, 6) is -1.75. The summed E-state index contributed by atoms with van der Waals surface area (Å²) in [6, 6.07) is 7.04. The smallest absolute Gasteiger partial charge is 0.417 e. The zero-order valence-corrected chi connectivity index (χ0v) is 17.4. The molecule has 3 rings (SSSR count). The van der Waals surface area contributed by atoms with Crippen molar-refractivity contribution in [3.05, 3.63) is 58.8 Å². The van der Waals surface area contributed by atoms with Gasteiger partial charge in [-0.25, -0.2) is 9.78 Å². The van der Waals surface area contributed by atoms with Gasteiger partial charge in [-0.15, -0.1) is 0 Å². The summed E-state index contributed by atoms with van der Waals surface area (Å²) in [4.78, 5) is 27.2. The van der Waals surface area contributed by atoms with E-state index in [4.69, 9.17) is 4.74 Å². The van der Waals surface area contributed by atoms with Crippen LogP contribution in [-0.4, -0.2) is 48.3 Å². The number of hydrogen-bond donors (Lipinski definition) is 3. The number of pyridine rings is 1. The Hall–Kier alpha value is -3.14. The molecule has 0 fully saturated rings. The highest BCUT2D eigenvalue weighted by Crippen LogP contribution is 2.34. The third-order valence-electron chi connectivity index (χ3n) is 5.42. The second kappa shape index (κ2) is 9.99. The second-order valence-electron chi connectivity index (χ2n) is 7.57. The lowest BCUT2D eigenvalue weighted by Crippen LogP contribution is -2.41. The van der Waals surface area contributed by atoms with Crippen LogP contribution < -0.4 is 10.6 Å². The van der Waals surface area contributed by atoms with Gasteiger partial charge < -0.3 is 20.5 Å². The van der Waals surface area contributed by atoms with E-state index in [0.29, 0.717) is 25.6 Å². The summed E-state index contributed by atoms with van der Waals surface area (Å²) in [7, 11) is 1.22. The van der Waals surface area contributed by atoms with Crippen molar-refractivity contribution in [2.75, 3.05) is 25.5 Å². The van der Waals surface area contributed by atoms with Gasteiger partial charge in [0, 0.05) is 12.7 Å². The highest BCUT2D eigenvalue weighted by atomic mass is 19.4. The van der Waals surface area contributed by atoms with Crippen molar-refractivity contribution in [1.82, 2.24) is 10.3 Å². The molecule has 172 valence electrons. The van der Waals surface area contributed by atoms with Crippen LogP contribution in [-0.2, 0) is 33.3 Å². The number of methoxy groups -OCH3 is 1. The number of hydrogen-bond acceptors (Lipinski definition) is 6. The minimum Gasteiger partial charge on any atom is -0.481 e. The molecular weight excluding hydrogens is 427 g/mol. The first kappa shape index (κ1) is 23.5. The van der Waals surface area contributed by atoms with E-state index in [2.05, 4.69) is 15.6 Å². The highest BCUT2D eigenvalue weighted by molar-refractivity contribution is 5.79. The van der Waals surface area contributed by atoms with E-state index in [1.165, 1.54) is 7.11 Å². The zero-order valence-electron chi connectivity index (χ0n) is 17.4. The number of benzene rings is 1. The summed E-state index contributed by atoms with van der Waals surface area (Å²) in [5, 5.41) is 15.3. The Kier molecular flexibility index (Phi) is 7.34.